The number of thiazole rings is 1. The van der Waals surface area contributed by atoms with Crippen molar-refractivity contribution in [1.29, 1.82) is 0 Å². The number of sulfone groups is 1. The summed E-state index contributed by atoms with van der Waals surface area (Å²) in [6.45, 7) is 0.112. The quantitative estimate of drug-likeness (QED) is 0.864. The molecular weight excluding hydrogens is 246 g/mol. The van der Waals surface area contributed by atoms with Crippen LogP contribution in [0.2, 0.25) is 0 Å². The van der Waals surface area contributed by atoms with Gasteiger partial charge in [0.1, 0.15) is 0 Å². The Balaban J connectivity index is 1.94. The summed E-state index contributed by atoms with van der Waals surface area (Å²) in [5, 5.41) is 11.7. The fourth-order valence-electron chi connectivity index (χ4n) is 1.95. The summed E-state index contributed by atoms with van der Waals surface area (Å²) in [4.78, 5) is 4.37. The molecule has 1 N–H and O–H groups in total. The summed E-state index contributed by atoms with van der Waals surface area (Å²) >= 11 is 1.56. The van der Waals surface area contributed by atoms with Crippen LogP contribution in [-0.4, -0.2) is 36.6 Å². The second kappa shape index (κ2) is 4.81. The van der Waals surface area contributed by atoms with Crippen molar-refractivity contribution in [2.24, 2.45) is 5.92 Å². The minimum absolute atomic E-state index is 0.112. The standard InChI is InChI=1S/C10H15NO3S2/c12-3-1-9-6-15-10(11-9)5-8-2-4-16(13,14)7-8/h6,8,12H,1-5,7H2. The first kappa shape index (κ1) is 12.0. The van der Waals surface area contributed by atoms with E-state index in [1.54, 1.807) is 11.3 Å². The van der Waals surface area contributed by atoms with Gasteiger partial charge in [0, 0.05) is 24.8 Å². The van der Waals surface area contributed by atoms with Gasteiger partial charge in [-0.3, -0.25) is 0 Å². The molecule has 2 heterocycles. The predicted molar refractivity (Wildman–Crippen MR) is 63.4 cm³/mol. The molecule has 1 aromatic heterocycles. The fraction of sp³-hybridized carbons (Fsp3) is 0.700. The average Bonchev–Trinajstić information content (AvgIpc) is 2.75. The number of rotatable bonds is 4. The number of hydrogen-bond donors (Lipinski definition) is 1. The predicted octanol–water partition coefficient (Wildman–Crippen LogP) is 0.655. The lowest BCUT2D eigenvalue weighted by Crippen LogP contribution is -2.07. The van der Waals surface area contributed by atoms with Gasteiger partial charge < -0.3 is 5.11 Å². The normalized spacial score (nSPS) is 23.7. The molecule has 1 aliphatic heterocycles. The van der Waals surface area contributed by atoms with E-state index in [9.17, 15) is 8.42 Å². The molecule has 90 valence electrons. The Morgan fingerprint density at radius 3 is 3.00 bits per heavy atom. The third-order valence-electron chi connectivity index (χ3n) is 2.76. The van der Waals surface area contributed by atoms with Gasteiger partial charge in [0.2, 0.25) is 0 Å². The molecule has 1 unspecified atom stereocenters. The second-order valence-electron chi connectivity index (χ2n) is 4.18. The van der Waals surface area contributed by atoms with Crippen molar-refractivity contribution in [2.75, 3.05) is 18.1 Å². The summed E-state index contributed by atoms with van der Waals surface area (Å²) in [7, 11) is -2.78. The van der Waals surface area contributed by atoms with E-state index in [-0.39, 0.29) is 12.5 Å². The molecule has 4 nitrogen and oxygen atoms in total. The minimum Gasteiger partial charge on any atom is -0.396 e. The molecule has 0 amide bonds. The highest BCUT2D eigenvalue weighted by atomic mass is 32.2. The molecule has 1 aromatic rings. The van der Waals surface area contributed by atoms with E-state index in [2.05, 4.69) is 4.98 Å². The third kappa shape index (κ3) is 3.02. The molecule has 2 rings (SSSR count). The zero-order valence-electron chi connectivity index (χ0n) is 8.92. The molecule has 1 atom stereocenters. The first-order chi connectivity index (χ1) is 7.59. The molecule has 1 aliphatic rings. The Hall–Kier alpha value is -0.460. The van der Waals surface area contributed by atoms with Crippen LogP contribution in [-0.2, 0) is 22.7 Å². The zero-order valence-corrected chi connectivity index (χ0v) is 10.6. The maximum absolute atomic E-state index is 11.3. The van der Waals surface area contributed by atoms with E-state index >= 15 is 0 Å². The van der Waals surface area contributed by atoms with Crippen LogP contribution in [0.5, 0.6) is 0 Å². The summed E-state index contributed by atoms with van der Waals surface area (Å²) in [6, 6.07) is 0. The Morgan fingerprint density at radius 2 is 2.38 bits per heavy atom. The van der Waals surface area contributed by atoms with E-state index in [1.807, 2.05) is 5.38 Å². The van der Waals surface area contributed by atoms with Crippen molar-refractivity contribution in [2.45, 2.75) is 19.3 Å². The highest BCUT2D eigenvalue weighted by Crippen LogP contribution is 2.24. The SMILES string of the molecule is O=S1(=O)CCC(Cc2nc(CCO)cs2)C1. The van der Waals surface area contributed by atoms with Crippen LogP contribution in [0, 0.1) is 5.92 Å². The summed E-state index contributed by atoms with van der Waals surface area (Å²) in [6.07, 6.45) is 2.10. The van der Waals surface area contributed by atoms with Crippen LogP contribution in [0.15, 0.2) is 5.38 Å². The molecule has 0 radical (unpaired) electrons. The summed E-state index contributed by atoms with van der Waals surface area (Å²) < 4.78 is 22.6. The van der Waals surface area contributed by atoms with Gasteiger partial charge in [-0.05, 0) is 12.3 Å². The maximum atomic E-state index is 11.3. The van der Waals surface area contributed by atoms with Crippen molar-refractivity contribution in [1.82, 2.24) is 4.98 Å². The van der Waals surface area contributed by atoms with Gasteiger partial charge in [-0.1, -0.05) is 0 Å². The molecule has 1 fully saturated rings. The van der Waals surface area contributed by atoms with Crippen molar-refractivity contribution in [3.05, 3.63) is 16.1 Å². The lowest BCUT2D eigenvalue weighted by molar-refractivity contribution is 0.298. The minimum atomic E-state index is -2.78. The van der Waals surface area contributed by atoms with Gasteiger partial charge in [0.05, 0.1) is 22.2 Å². The Kier molecular flexibility index (Phi) is 3.61. The number of aliphatic hydroxyl groups is 1. The molecular formula is C10H15NO3S2. The third-order valence-corrected chi connectivity index (χ3v) is 5.51. The number of aromatic nitrogens is 1. The Labute approximate surface area is 99.3 Å². The number of aliphatic hydroxyl groups excluding tert-OH is 1. The van der Waals surface area contributed by atoms with Gasteiger partial charge in [0.15, 0.2) is 9.84 Å². The molecule has 0 aliphatic carbocycles. The smallest absolute Gasteiger partial charge is 0.150 e. The topological polar surface area (TPSA) is 67.3 Å². The average molecular weight is 261 g/mol. The van der Waals surface area contributed by atoms with Crippen molar-refractivity contribution in [3.8, 4) is 0 Å². The highest BCUT2D eigenvalue weighted by Gasteiger charge is 2.28. The lowest BCUT2D eigenvalue weighted by atomic mass is 10.1. The van der Waals surface area contributed by atoms with Crippen molar-refractivity contribution in [3.63, 3.8) is 0 Å². The van der Waals surface area contributed by atoms with E-state index in [0.717, 1.165) is 23.5 Å². The van der Waals surface area contributed by atoms with Crippen LogP contribution in [0.4, 0.5) is 0 Å². The van der Waals surface area contributed by atoms with Crippen molar-refractivity contribution >= 4 is 21.2 Å². The monoisotopic (exact) mass is 261 g/mol. The second-order valence-corrected chi connectivity index (χ2v) is 7.35. The summed E-state index contributed by atoms with van der Waals surface area (Å²) in [5.74, 6) is 0.868. The zero-order chi connectivity index (χ0) is 11.6. The van der Waals surface area contributed by atoms with Crippen LogP contribution in [0.25, 0.3) is 0 Å². The molecule has 1 saturated heterocycles. The van der Waals surface area contributed by atoms with E-state index in [4.69, 9.17) is 5.11 Å². The van der Waals surface area contributed by atoms with Crippen LogP contribution in [0.3, 0.4) is 0 Å². The van der Waals surface area contributed by atoms with Crippen LogP contribution >= 0.6 is 11.3 Å². The molecule has 0 bridgehead atoms. The lowest BCUT2D eigenvalue weighted by Gasteiger charge is -2.03. The van der Waals surface area contributed by atoms with Crippen LogP contribution < -0.4 is 0 Å². The number of nitrogens with zero attached hydrogens (tertiary/aromatic N) is 1. The molecule has 0 saturated carbocycles. The van der Waals surface area contributed by atoms with Gasteiger partial charge in [-0.15, -0.1) is 11.3 Å². The van der Waals surface area contributed by atoms with E-state index in [0.29, 0.717) is 17.9 Å². The largest absolute Gasteiger partial charge is 0.396 e. The van der Waals surface area contributed by atoms with Gasteiger partial charge in [-0.2, -0.15) is 0 Å². The molecule has 0 aromatic carbocycles. The fourth-order valence-corrected chi connectivity index (χ4v) is 4.76. The van der Waals surface area contributed by atoms with Gasteiger partial charge in [0.25, 0.3) is 0 Å². The molecule has 16 heavy (non-hydrogen) atoms. The Morgan fingerprint density at radius 1 is 1.56 bits per heavy atom. The van der Waals surface area contributed by atoms with E-state index < -0.39 is 9.84 Å². The molecule has 6 heteroatoms. The van der Waals surface area contributed by atoms with Gasteiger partial charge in [-0.25, -0.2) is 13.4 Å². The highest BCUT2D eigenvalue weighted by molar-refractivity contribution is 7.91. The van der Waals surface area contributed by atoms with Gasteiger partial charge >= 0.3 is 0 Å². The number of hydrogen-bond acceptors (Lipinski definition) is 5. The van der Waals surface area contributed by atoms with Crippen molar-refractivity contribution < 1.29 is 13.5 Å². The Bertz CT molecular complexity index is 452. The molecule has 0 spiro atoms. The van der Waals surface area contributed by atoms with Crippen LogP contribution in [0.1, 0.15) is 17.1 Å². The first-order valence-corrected chi connectivity index (χ1v) is 8.04. The maximum Gasteiger partial charge on any atom is 0.150 e. The first-order valence-electron chi connectivity index (χ1n) is 5.33. The summed E-state index contributed by atoms with van der Waals surface area (Å²) in [5.41, 5.74) is 0.906. The van der Waals surface area contributed by atoms with E-state index in [1.165, 1.54) is 0 Å².